The maximum Gasteiger partial charge on any atom is 0.244 e. The number of nitrogens with one attached hydrogen (secondary N) is 1. The van der Waals surface area contributed by atoms with Crippen LogP contribution in [0.3, 0.4) is 0 Å². The first-order chi connectivity index (χ1) is 14.3. The highest BCUT2D eigenvalue weighted by Gasteiger charge is 2.38. The molecule has 1 amide bonds. The van der Waals surface area contributed by atoms with Crippen molar-refractivity contribution in [2.24, 2.45) is 0 Å². The van der Waals surface area contributed by atoms with Crippen LogP contribution in [-0.4, -0.2) is 52.3 Å². The Morgan fingerprint density at radius 2 is 1.63 bits per heavy atom. The Balaban J connectivity index is 1.98. The summed E-state index contributed by atoms with van der Waals surface area (Å²) >= 11 is 1.51. The number of thioether (sulfide) groups is 1. The van der Waals surface area contributed by atoms with Crippen molar-refractivity contribution < 1.29 is 27.4 Å². The molecular weight excluding hydrogens is 428 g/mol. The maximum absolute atomic E-state index is 13.4. The van der Waals surface area contributed by atoms with Gasteiger partial charge in [-0.1, -0.05) is 0 Å². The van der Waals surface area contributed by atoms with Crippen molar-refractivity contribution in [2.75, 3.05) is 38.9 Å². The number of benzene rings is 2. The summed E-state index contributed by atoms with van der Waals surface area (Å²) in [4.78, 5) is 11.3. The van der Waals surface area contributed by atoms with E-state index >= 15 is 0 Å². The van der Waals surface area contributed by atoms with E-state index in [1.165, 1.54) is 56.5 Å². The molecule has 2 aromatic carbocycles. The van der Waals surface area contributed by atoms with E-state index in [1.807, 2.05) is 0 Å². The van der Waals surface area contributed by atoms with E-state index in [0.717, 1.165) is 0 Å². The molecule has 1 aliphatic heterocycles. The molecule has 1 aliphatic rings. The normalized spacial score (nSPS) is 16.9. The van der Waals surface area contributed by atoms with Crippen LogP contribution < -0.4 is 19.5 Å². The fourth-order valence-electron chi connectivity index (χ4n) is 3.24. The molecule has 0 bridgehead atoms. The topological polar surface area (TPSA) is 94.2 Å². The predicted molar refractivity (Wildman–Crippen MR) is 116 cm³/mol. The lowest BCUT2D eigenvalue weighted by Crippen LogP contribution is -2.30. The number of nitrogens with zero attached hydrogens (tertiary/aromatic N) is 1. The first kappa shape index (κ1) is 22.3. The standard InChI is InChI=1S/C20H24N2O6S2/c1-13(23)21-14-5-7-15(8-6-14)30(24,25)22-9-10-29-20(22)16-11-18(27-3)19(28-4)12-17(16)26-2/h5-8,11-12,20H,9-10H2,1-4H3,(H,21,23). The average molecular weight is 453 g/mol. The van der Waals surface area contributed by atoms with E-state index in [4.69, 9.17) is 14.2 Å². The third-order valence-electron chi connectivity index (χ3n) is 4.63. The molecule has 1 unspecified atom stereocenters. The number of hydrogen-bond donors (Lipinski definition) is 1. The minimum absolute atomic E-state index is 0.156. The molecule has 162 valence electrons. The van der Waals surface area contributed by atoms with E-state index in [0.29, 0.717) is 40.8 Å². The van der Waals surface area contributed by atoms with Crippen LogP contribution >= 0.6 is 11.8 Å². The zero-order valence-electron chi connectivity index (χ0n) is 17.2. The minimum atomic E-state index is -3.77. The van der Waals surface area contributed by atoms with Crippen molar-refractivity contribution in [1.82, 2.24) is 4.31 Å². The van der Waals surface area contributed by atoms with Gasteiger partial charge in [0.25, 0.3) is 0 Å². The van der Waals surface area contributed by atoms with Gasteiger partial charge in [-0.25, -0.2) is 8.42 Å². The van der Waals surface area contributed by atoms with Gasteiger partial charge in [0.05, 0.1) is 31.6 Å². The molecule has 30 heavy (non-hydrogen) atoms. The van der Waals surface area contributed by atoms with Gasteiger partial charge in [0.1, 0.15) is 5.75 Å². The van der Waals surface area contributed by atoms with Crippen molar-refractivity contribution in [2.45, 2.75) is 17.2 Å². The van der Waals surface area contributed by atoms with Crippen molar-refractivity contribution in [3.8, 4) is 17.2 Å². The number of carbonyl (C=O) groups excluding carboxylic acids is 1. The van der Waals surface area contributed by atoms with Crippen LogP contribution in [0.1, 0.15) is 17.9 Å². The number of carbonyl (C=O) groups is 1. The molecule has 0 aliphatic carbocycles. The van der Waals surface area contributed by atoms with Crippen molar-refractivity contribution in [1.29, 1.82) is 0 Å². The summed E-state index contributed by atoms with van der Waals surface area (Å²) in [5, 5.41) is 2.16. The van der Waals surface area contributed by atoms with Crippen LogP contribution in [0.25, 0.3) is 0 Å². The quantitative estimate of drug-likeness (QED) is 0.690. The predicted octanol–water partition coefficient (Wildman–Crippen LogP) is 3.11. The molecule has 1 fully saturated rings. The number of sulfonamides is 1. The first-order valence-corrected chi connectivity index (χ1v) is 11.6. The molecule has 3 rings (SSSR count). The first-order valence-electron chi connectivity index (χ1n) is 9.12. The lowest BCUT2D eigenvalue weighted by Gasteiger charge is -2.25. The molecule has 1 N–H and O–H groups in total. The third kappa shape index (κ3) is 4.35. The van der Waals surface area contributed by atoms with Gasteiger partial charge < -0.3 is 19.5 Å². The molecule has 10 heteroatoms. The van der Waals surface area contributed by atoms with Crippen molar-refractivity contribution >= 4 is 33.4 Å². The summed E-state index contributed by atoms with van der Waals surface area (Å²) in [6, 6.07) is 9.58. The number of methoxy groups -OCH3 is 3. The summed E-state index contributed by atoms with van der Waals surface area (Å²) < 4.78 is 44.4. The summed E-state index contributed by atoms with van der Waals surface area (Å²) in [5.41, 5.74) is 1.23. The molecule has 0 aromatic heterocycles. The molecule has 1 atom stereocenters. The van der Waals surface area contributed by atoms with Crippen molar-refractivity contribution in [3.05, 3.63) is 42.0 Å². The number of anilines is 1. The highest BCUT2D eigenvalue weighted by Crippen LogP contribution is 2.47. The highest BCUT2D eigenvalue weighted by atomic mass is 32.2. The second kappa shape index (κ2) is 9.15. The van der Waals surface area contributed by atoms with Crippen LogP contribution in [0.15, 0.2) is 41.3 Å². The molecule has 8 nitrogen and oxygen atoms in total. The van der Waals surface area contributed by atoms with Gasteiger partial charge in [0.15, 0.2) is 11.5 Å². The Labute approximate surface area is 180 Å². The largest absolute Gasteiger partial charge is 0.496 e. The molecule has 1 heterocycles. The molecular formula is C20H24N2O6S2. The van der Waals surface area contributed by atoms with Gasteiger partial charge in [0.2, 0.25) is 15.9 Å². The summed E-state index contributed by atoms with van der Waals surface area (Å²) in [6.07, 6.45) is 0. The van der Waals surface area contributed by atoms with Gasteiger partial charge >= 0.3 is 0 Å². The van der Waals surface area contributed by atoms with Crippen LogP contribution in [0.5, 0.6) is 17.2 Å². The van der Waals surface area contributed by atoms with E-state index in [9.17, 15) is 13.2 Å². The Bertz CT molecular complexity index is 1020. The number of amides is 1. The number of hydrogen-bond acceptors (Lipinski definition) is 7. The third-order valence-corrected chi connectivity index (χ3v) is 7.89. The Hall–Kier alpha value is -2.43. The second-order valence-electron chi connectivity index (χ2n) is 6.49. The van der Waals surface area contributed by atoms with Gasteiger partial charge in [-0.3, -0.25) is 4.79 Å². The van der Waals surface area contributed by atoms with Crippen LogP contribution in [0.2, 0.25) is 0 Å². The highest BCUT2D eigenvalue weighted by molar-refractivity contribution is 8.01. The van der Waals surface area contributed by atoms with E-state index < -0.39 is 15.4 Å². The summed E-state index contributed by atoms with van der Waals surface area (Å²) in [7, 11) is 0.822. The van der Waals surface area contributed by atoms with Crippen LogP contribution in [-0.2, 0) is 14.8 Å². The van der Waals surface area contributed by atoms with Gasteiger partial charge in [-0.15, -0.1) is 11.8 Å². The van der Waals surface area contributed by atoms with Gasteiger partial charge in [0, 0.05) is 36.5 Å². The zero-order valence-corrected chi connectivity index (χ0v) is 18.8. The fourth-order valence-corrected chi connectivity index (χ4v) is 6.49. The van der Waals surface area contributed by atoms with Crippen LogP contribution in [0, 0.1) is 0 Å². The smallest absolute Gasteiger partial charge is 0.244 e. The lowest BCUT2D eigenvalue weighted by atomic mass is 10.1. The Morgan fingerprint density at radius 1 is 1.03 bits per heavy atom. The zero-order chi connectivity index (χ0) is 21.9. The molecule has 0 saturated carbocycles. The maximum atomic E-state index is 13.4. The number of rotatable bonds is 7. The average Bonchev–Trinajstić information content (AvgIpc) is 3.23. The Kier molecular flexibility index (Phi) is 6.79. The SMILES string of the molecule is COc1cc(OC)c(C2SCCN2S(=O)(=O)c2ccc(NC(C)=O)cc2)cc1OC. The van der Waals surface area contributed by atoms with Gasteiger partial charge in [-0.2, -0.15) is 4.31 Å². The molecule has 0 radical (unpaired) electrons. The van der Waals surface area contributed by atoms with Gasteiger partial charge in [-0.05, 0) is 30.3 Å². The lowest BCUT2D eigenvalue weighted by molar-refractivity contribution is -0.114. The summed E-state index contributed by atoms with van der Waals surface area (Å²) in [6.45, 7) is 1.76. The van der Waals surface area contributed by atoms with E-state index in [1.54, 1.807) is 24.3 Å². The minimum Gasteiger partial charge on any atom is -0.496 e. The number of ether oxygens (including phenoxy) is 3. The Morgan fingerprint density at radius 3 is 2.20 bits per heavy atom. The van der Waals surface area contributed by atoms with Crippen LogP contribution in [0.4, 0.5) is 5.69 Å². The molecule has 2 aromatic rings. The van der Waals surface area contributed by atoms with Crippen molar-refractivity contribution in [3.63, 3.8) is 0 Å². The van der Waals surface area contributed by atoms with E-state index in [-0.39, 0.29) is 10.8 Å². The summed E-state index contributed by atoms with van der Waals surface area (Å²) in [5.74, 6) is 1.95. The second-order valence-corrected chi connectivity index (χ2v) is 9.57. The molecule has 1 saturated heterocycles. The molecule has 0 spiro atoms. The fraction of sp³-hybridized carbons (Fsp3) is 0.350. The monoisotopic (exact) mass is 452 g/mol. The van der Waals surface area contributed by atoms with E-state index in [2.05, 4.69) is 5.32 Å².